The third-order valence-electron chi connectivity index (χ3n) is 3.54. The first kappa shape index (κ1) is 14.8. The van der Waals surface area contributed by atoms with Crippen LogP contribution in [0.3, 0.4) is 0 Å². The van der Waals surface area contributed by atoms with Gasteiger partial charge >= 0.3 is 0 Å². The van der Waals surface area contributed by atoms with E-state index in [4.69, 9.17) is 10.5 Å². The average Bonchev–Trinajstić information content (AvgIpc) is 2.56. The number of nitrogen functional groups attached to an aromatic ring is 1. The number of nitrogens with zero attached hydrogens (tertiary/aromatic N) is 2. The van der Waals surface area contributed by atoms with Crippen LogP contribution < -0.4 is 10.5 Å². The summed E-state index contributed by atoms with van der Waals surface area (Å²) < 4.78 is 5.24. The van der Waals surface area contributed by atoms with Crippen molar-refractivity contribution in [2.24, 2.45) is 0 Å². The minimum absolute atomic E-state index is 0.154. The van der Waals surface area contributed by atoms with Gasteiger partial charge in [0.25, 0.3) is 0 Å². The van der Waals surface area contributed by atoms with E-state index in [1.807, 2.05) is 43.3 Å². The average molecular weight is 307 g/mol. The van der Waals surface area contributed by atoms with E-state index < -0.39 is 0 Å². The number of anilines is 1. The highest BCUT2D eigenvalue weighted by Gasteiger charge is 2.11. The Hall–Kier alpha value is -3.08. The van der Waals surface area contributed by atoms with Crippen LogP contribution in [0.2, 0.25) is 0 Å². The Balaban J connectivity index is 2.14. The maximum atomic E-state index is 10.1. The Kier molecular flexibility index (Phi) is 3.85. The van der Waals surface area contributed by atoms with Gasteiger partial charge in [0.2, 0.25) is 5.95 Å². The number of aryl methyl sites for hydroxylation is 1. The molecule has 0 aliphatic rings. The first-order valence-corrected chi connectivity index (χ1v) is 7.16. The summed E-state index contributed by atoms with van der Waals surface area (Å²) in [5, 5.41) is 10.1. The predicted molar refractivity (Wildman–Crippen MR) is 90.3 cm³/mol. The number of phenolic OH excluding ortho intramolecular Hbond substituents is 1. The standard InChI is InChI=1S/C18H17N3O2/c1-11-6-7-17(22)14(8-11)16-10-15(20-18(19)21-16)12-4-3-5-13(9-12)23-2/h3-10,22H,1-2H3,(H2,19,20,21). The molecule has 3 N–H and O–H groups in total. The maximum Gasteiger partial charge on any atom is 0.221 e. The van der Waals surface area contributed by atoms with Crippen LogP contribution in [-0.2, 0) is 0 Å². The first-order valence-electron chi connectivity index (χ1n) is 7.16. The van der Waals surface area contributed by atoms with E-state index in [2.05, 4.69) is 9.97 Å². The van der Waals surface area contributed by atoms with Crippen LogP contribution >= 0.6 is 0 Å². The fourth-order valence-electron chi connectivity index (χ4n) is 2.39. The number of hydrogen-bond acceptors (Lipinski definition) is 5. The topological polar surface area (TPSA) is 81.3 Å². The predicted octanol–water partition coefficient (Wildman–Crippen LogP) is 3.42. The van der Waals surface area contributed by atoms with Gasteiger partial charge in [-0.3, -0.25) is 0 Å². The Labute approximate surface area is 134 Å². The van der Waals surface area contributed by atoms with Crippen molar-refractivity contribution in [2.75, 3.05) is 12.8 Å². The molecule has 0 amide bonds. The molecule has 3 rings (SSSR count). The molecule has 0 aliphatic carbocycles. The second kappa shape index (κ2) is 5.96. The molecule has 0 fully saturated rings. The normalized spacial score (nSPS) is 10.5. The van der Waals surface area contributed by atoms with Gasteiger partial charge in [0.15, 0.2) is 0 Å². The molecular formula is C18H17N3O2. The van der Waals surface area contributed by atoms with E-state index in [0.717, 1.165) is 16.9 Å². The molecular weight excluding hydrogens is 290 g/mol. The second-order valence-corrected chi connectivity index (χ2v) is 5.25. The molecule has 1 aromatic heterocycles. The number of hydrogen-bond donors (Lipinski definition) is 2. The fraction of sp³-hybridized carbons (Fsp3) is 0.111. The lowest BCUT2D eigenvalue weighted by Gasteiger charge is -2.09. The third-order valence-corrected chi connectivity index (χ3v) is 3.54. The fourth-order valence-corrected chi connectivity index (χ4v) is 2.39. The molecule has 5 nitrogen and oxygen atoms in total. The van der Waals surface area contributed by atoms with Crippen molar-refractivity contribution < 1.29 is 9.84 Å². The quantitative estimate of drug-likeness (QED) is 0.775. The number of nitrogens with two attached hydrogens (primary N) is 1. The zero-order chi connectivity index (χ0) is 16.4. The van der Waals surface area contributed by atoms with Gasteiger partial charge < -0.3 is 15.6 Å². The van der Waals surface area contributed by atoms with Crippen molar-refractivity contribution in [3.63, 3.8) is 0 Å². The number of aromatic hydroxyl groups is 1. The van der Waals surface area contributed by atoms with Crippen LogP contribution in [0.15, 0.2) is 48.5 Å². The molecule has 5 heteroatoms. The van der Waals surface area contributed by atoms with Crippen molar-refractivity contribution in [3.8, 4) is 34.0 Å². The SMILES string of the molecule is COc1cccc(-c2cc(-c3cc(C)ccc3O)nc(N)n2)c1. The van der Waals surface area contributed by atoms with E-state index in [1.165, 1.54) is 0 Å². The van der Waals surface area contributed by atoms with Crippen LogP contribution in [0.4, 0.5) is 5.95 Å². The number of phenols is 1. The molecule has 0 radical (unpaired) electrons. The molecule has 0 saturated heterocycles. The van der Waals surface area contributed by atoms with Gasteiger partial charge in [0.1, 0.15) is 11.5 Å². The summed E-state index contributed by atoms with van der Waals surface area (Å²) in [6.07, 6.45) is 0. The van der Waals surface area contributed by atoms with Crippen molar-refractivity contribution in [2.45, 2.75) is 6.92 Å². The number of rotatable bonds is 3. The third kappa shape index (κ3) is 3.08. The number of benzene rings is 2. The minimum Gasteiger partial charge on any atom is -0.507 e. The monoisotopic (exact) mass is 307 g/mol. The highest BCUT2D eigenvalue weighted by atomic mass is 16.5. The zero-order valence-electron chi connectivity index (χ0n) is 12.9. The molecule has 0 spiro atoms. The van der Waals surface area contributed by atoms with Gasteiger partial charge in [-0.1, -0.05) is 23.8 Å². The number of methoxy groups -OCH3 is 1. The van der Waals surface area contributed by atoms with Gasteiger partial charge in [-0.05, 0) is 37.3 Å². The van der Waals surface area contributed by atoms with E-state index >= 15 is 0 Å². The number of aromatic nitrogens is 2. The first-order chi connectivity index (χ1) is 11.1. The summed E-state index contributed by atoms with van der Waals surface area (Å²) in [6.45, 7) is 1.95. The molecule has 2 aromatic carbocycles. The summed E-state index contributed by atoms with van der Waals surface area (Å²) >= 11 is 0. The molecule has 23 heavy (non-hydrogen) atoms. The van der Waals surface area contributed by atoms with E-state index in [1.54, 1.807) is 19.2 Å². The van der Waals surface area contributed by atoms with Crippen LogP contribution in [0.25, 0.3) is 22.5 Å². The Morgan fingerprint density at radius 2 is 1.78 bits per heavy atom. The summed E-state index contributed by atoms with van der Waals surface area (Å²) in [6, 6.07) is 14.7. The van der Waals surface area contributed by atoms with Crippen LogP contribution in [0, 0.1) is 6.92 Å². The molecule has 0 atom stereocenters. The van der Waals surface area contributed by atoms with Gasteiger partial charge in [-0.2, -0.15) is 0 Å². The zero-order valence-corrected chi connectivity index (χ0v) is 12.9. The minimum atomic E-state index is 0.154. The van der Waals surface area contributed by atoms with Crippen LogP contribution in [-0.4, -0.2) is 22.2 Å². The molecule has 1 heterocycles. The van der Waals surface area contributed by atoms with Gasteiger partial charge in [-0.25, -0.2) is 9.97 Å². The van der Waals surface area contributed by atoms with E-state index in [9.17, 15) is 5.11 Å². The summed E-state index contributed by atoms with van der Waals surface area (Å²) in [5.74, 6) is 1.05. The molecule has 0 aliphatic heterocycles. The maximum absolute atomic E-state index is 10.1. The van der Waals surface area contributed by atoms with E-state index in [0.29, 0.717) is 17.0 Å². The molecule has 3 aromatic rings. The van der Waals surface area contributed by atoms with Crippen molar-refractivity contribution in [1.29, 1.82) is 0 Å². The van der Waals surface area contributed by atoms with Crippen molar-refractivity contribution >= 4 is 5.95 Å². The van der Waals surface area contributed by atoms with E-state index in [-0.39, 0.29) is 11.7 Å². The molecule has 0 saturated carbocycles. The highest BCUT2D eigenvalue weighted by molar-refractivity contribution is 5.73. The number of ether oxygens (including phenoxy) is 1. The second-order valence-electron chi connectivity index (χ2n) is 5.25. The van der Waals surface area contributed by atoms with Gasteiger partial charge in [0, 0.05) is 11.1 Å². The van der Waals surface area contributed by atoms with Crippen LogP contribution in [0.1, 0.15) is 5.56 Å². The van der Waals surface area contributed by atoms with Gasteiger partial charge in [0.05, 0.1) is 18.5 Å². The Morgan fingerprint density at radius 3 is 2.57 bits per heavy atom. The lowest BCUT2D eigenvalue weighted by atomic mass is 10.0. The largest absolute Gasteiger partial charge is 0.507 e. The smallest absolute Gasteiger partial charge is 0.221 e. The van der Waals surface area contributed by atoms with Crippen LogP contribution in [0.5, 0.6) is 11.5 Å². The summed E-state index contributed by atoms with van der Waals surface area (Å²) in [5.41, 5.74) is 9.63. The highest BCUT2D eigenvalue weighted by Crippen LogP contribution is 2.32. The lowest BCUT2D eigenvalue weighted by Crippen LogP contribution is -1.99. The Bertz CT molecular complexity index is 863. The Morgan fingerprint density at radius 1 is 1.00 bits per heavy atom. The summed E-state index contributed by atoms with van der Waals surface area (Å²) in [4.78, 5) is 8.54. The van der Waals surface area contributed by atoms with Gasteiger partial charge in [-0.15, -0.1) is 0 Å². The molecule has 0 unspecified atom stereocenters. The molecule has 0 bridgehead atoms. The summed E-state index contributed by atoms with van der Waals surface area (Å²) in [7, 11) is 1.61. The van der Waals surface area contributed by atoms with Crippen molar-refractivity contribution in [3.05, 3.63) is 54.1 Å². The molecule has 116 valence electrons. The lowest BCUT2D eigenvalue weighted by molar-refractivity contribution is 0.415. The van der Waals surface area contributed by atoms with Crippen molar-refractivity contribution in [1.82, 2.24) is 9.97 Å².